The van der Waals surface area contributed by atoms with Crippen LogP contribution >= 0.6 is 23.4 Å². The van der Waals surface area contributed by atoms with Gasteiger partial charge in [0.15, 0.2) is 0 Å². The number of carbonyl (C=O) groups excluding carboxylic acids is 1. The molecule has 0 radical (unpaired) electrons. The number of halogens is 1. The minimum atomic E-state index is -1.03. The molecule has 7 heteroatoms. The third-order valence-corrected chi connectivity index (χ3v) is 3.62. The van der Waals surface area contributed by atoms with E-state index in [0.29, 0.717) is 15.7 Å². The summed E-state index contributed by atoms with van der Waals surface area (Å²) in [7, 11) is 0. The molecule has 0 aliphatic heterocycles. The molecule has 21 heavy (non-hydrogen) atoms. The van der Waals surface area contributed by atoms with Crippen LogP contribution < -0.4 is 5.32 Å². The van der Waals surface area contributed by atoms with E-state index >= 15 is 0 Å². The fourth-order valence-electron chi connectivity index (χ4n) is 1.49. The zero-order chi connectivity index (χ0) is 15.2. The molecule has 2 N–H and O–H groups in total. The van der Waals surface area contributed by atoms with Gasteiger partial charge in [-0.05, 0) is 30.3 Å². The average Bonchev–Trinajstić information content (AvgIpc) is 2.45. The van der Waals surface area contributed by atoms with Crippen LogP contribution in [0.25, 0.3) is 0 Å². The van der Waals surface area contributed by atoms with Crippen molar-refractivity contribution in [3.63, 3.8) is 0 Å². The number of hydrogen-bond acceptors (Lipinski definition) is 4. The van der Waals surface area contributed by atoms with Gasteiger partial charge >= 0.3 is 5.97 Å². The van der Waals surface area contributed by atoms with Gasteiger partial charge in [-0.3, -0.25) is 4.79 Å². The van der Waals surface area contributed by atoms with Crippen molar-refractivity contribution < 1.29 is 14.7 Å². The SMILES string of the molecule is O=C(CSc1ccc(C(=O)O)cn1)Nc1cccc(Cl)c1. The van der Waals surface area contributed by atoms with E-state index in [2.05, 4.69) is 10.3 Å². The highest BCUT2D eigenvalue weighted by atomic mass is 35.5. The summed E-state index contributed by atoms with van der Waals surface area (Å²) < 4.78 is 0. The van der Waals surface area contributed by atoms with Gasteiger partial charge in [-0.25, -0.2) is 9.78 Å². The maximum absolute atomic E-state index is 11.8. The fourth-order valence-corrected chi connectivity index (χ4v) is 2.33. The Morgan fingerprint density at radius 1 is 1.29 bits per heavy atom. The molecule has 0 fully saturated rings. The first-order valence-electron chi connectivity index (χ1n) is 5.92. The van der Waals surface area contributed by atoms with Crippen LogP contribution in [-0.4, -0.2) is 27.7 Å². The van der Waals surface area contributed by atoms with Gasteiger partial charge in [-0.1, -0.05) is 29.4 Å². The van der Waals surface area contributed by atoms with Crippen molar-refractivity contribution in [3.8, 4) is 0 Å². The summed E-state index contributed by atoms with van der Waals surface area (Å²) in [5.74, 6) is -1.05. The Bertz CT molecular complexity index is 662. The van der Waals surface area contributed by atoms with Gasteiger partial charge in [0.2, 0.25) is 5.91 Å². The molecule has 2 rings (SSSR count). The second-order valence-electron chi connectivity index (χ2n) is 4.04. The van der Waals surface area contributed by atoms with E-state index in [-0.39, 0.29) is 17.2 Å². The molecule has 0 atom stereocenters. The van der Waals surface area contributed by atoms with Crippen LogP contribution in [0.1, 0.15) is 10.4 Å². The number of nitrogens with zero attached hydrogens (tertiary/aromatic N) is 1. The highest BCUT2D eigenvalue weighted by Crippen LogP contribution is 2.18. The Kier molecular flexibility index (Phi) is 5.19. The second kappa shape index (κ2) is 7.10. The lowest BCUT2D eigenvalue weighted by molar-refractivity contribution is -0.113. The topological polar surface area (TPSA) is 79.3 Å². The number of anilines is 1. The molecular weight excluding hydrogens is 312 g/mol. The summed E-state index contributed by atoms with van der Waals surface area (Å²) in [6.07, 6.45) is 1.26. The summed E-state index contributed by atoms with van der Waals surface area (Å²) in [5.41, 5.74) is 0.741. The van der Waals surface area contributed by atoms with Crippen LogP contribution in [0.3, 0.4) is 0 Å². The number of rotatable bonds is 5. The number of hydrogen-bond donors (Lipinski definition) is 2. The average molecular weight is 323 g/mol. The quantitative estimate of drug-likeness (QED) is 0.827. The first-order valence-corrected chi connectivity index (χ1v) is 7.28. The number of aromatic carboxylic acids is 1. The number of carbonyl (C=O) groups is 2. The van der Waals surface area contributed by atoms with Crippen molar-refractivity contribution in [1.29, 1.82) is 0 Å². The first-order chi connectivity index (χ1) is 10.0. The molecule has 0 aliphatic rings. The van der Waals surface area contributed by atoms with E-state index in [9.17, 15) is 9.59 Å². The Hall–Kier alpha value is -2.05. The number of amides is 1. The van der Waals surface area contributed by atoms with Gasteiger partial charge in [0.1, 0.15) is 0 Å². The molecule has 1 aromatic carbocycles. The summed E-state index contributed by atoms with van der Waals surface area (Å²) in [5, 5.41) is 12.6. The summed E-state index contributed by atoms with van der Waals surface area (Å²) >= 11 is 7.05. The van der Waals surface area contributed by atoms with E-state index in [0.717, 1.165) is 0 Å². The highest BCUT2D eigenvalue weighted by Gasteiger charge is 2.07. The Labute approximate surface area is 130 Å². The second-order valence-corrected chi connectivity index (χ2v) is 5.47. The number of carboxylic acid groups (broad SMARTS) is 1. The molecule has 5 nitrogen and oxygen atoms in total. The number of nitrogens with one attached hydrogen (secondary N) is 1. The van der Waals surface area contributed by atoms with Crippen LogP contribution in [0.15, 0.2) is 47.6 Å². The number of thioether (sulfide) groups is 1. The monoisotopic (exact) mass is 322 g/mol. The molecule has 1 amide bonds. The van der Waals surface area contributed by atoms with Gasteiger partial charge in [0.25, 0.3) is 0 Å². The molecule has 108 valence electrons. The van der Waals surface area contributed by atoms with Crippen LogP contribution in [0.5, 0.6) is 0 Å². The molecule has 0 aliphatic carbocycles. The van der Waals surface area contributed by atoms with Gasteiger partial charge in [-0.15, -0.1) is 0 Å². The van der Waals surface area contributed by atoms with Gasteiger partial charge < -0.3 is 10.4 Å². The molecule has 0 bridgehead atoms. The number of aromatic nitrogens is 1. The third kappa shape index (κ3) is 4.77. The maximum Gasteiger partial charge on any atom is 0.337 e. The lowest BCUT2D eigenvalue weighted by Gasteiger charge is -2.05. The van der Waals surface area contributed by atoms with Crippen molar-refractivity contribution in [3.05, 3.63) is 53.2 Å². The molecule has 1 heterocycles. The van der Waals surface area contributed by atoms with E-state index < -0.39 is 5.97 Å². The normalized spacial score (nSPS) is 10.1. The Morgan fingerprint density at radius 3 is 2.71 bits per heavy atom. The smallest absolute Gasteiger partial charge is 0.337 e. The standard InChI is InChI=1S/C14H11ClN2O3S/c15-10-2-1-3-11(6-10)17-12(18)8-21-13-5-4-9(7-16-13)14(19)20/h1-7H,8H2,(H,17,18)(H,19,20). The lowest BCUT2D eigenvalue weighted by Crippen LogP contribution is -2.14. The summed E-state index contributed by atoms with van der Waals surface area (Å²) in [6.45, 7) is 0. The van der Waals surface area contributed by atoms with Gasteiger partial charge in [0.05, 0.1) is 16.3 Å². The highest BCUT2D eigenvalue weighted by molar-refractivity contribution is 7.99. The molecule has 0 unspecified atom stereocenters. The molecule has 0 spiro atoms. The Morgan fingerprint density at radius 2 is 2.10 bits per heavy atom. The third-order valence-electron chi connectivity index (χ3n) is 2.44. The number of pyridine rings is 1. The van der Waals surface area contributed by atoms with Crippen LogP contribution in [0, 0.1) is 0 Å². The molecule has 0 saturated carbocycles. The van der Waals surface area contributed by atoms with Gasteiger partial charge in [0, 0.05) is 16.9 Å². The first kappa shape index (κ1) is 15.3. The van der Waals surface area contributed by atoms with Crippen LogP contribution in [0.2, 0.25) is 5.02 Å². The molecule has 1 aromatic heterocycles. The lowest BCUT2D eigenvalue weighted by atomic mass is 10.3. The number of benzene rings is 1. The maximum atomic E-state index is 11.8. The molecular formula is C14H11ClN2O3S. The fraction of sp³-hybridized carbons (Fsp3) is 0.0714. The number of carboxylic acids is 1. The zero-order valence-electron chi connectivity index (χ0n) is 10.7. The zero-order valence-corrected chi connectivity index (χ0v) is 12.3. The predicted molar refractivity (Wildman–Crippen MR) is 82.0 cm³/mol. The van der Waals surface area contributed by atoms with Gasteiger partial charge in [-0.2, -0.15) is 0 Å². The van der Waals surface area contributed by atoms with Crippen molar-refractivity contribution in [2.45, 2.75) is 5.03 Å². The molecule has 2 aromatic rings. The predicted octanol–water partition coefficient (Wildman–Crippen LogP) is 3.16. The van der Waals surface area contributed by atoms with E-state index in [1.807, 2.05) is 0 Å². The van der Waals surface area contributed by atoms with E-state index in [1.54, 1.807) is 30.3 Å². The van der Waals surface area contributed by atoms with E-state index in [1.165, 1.54) is 24.0 Å². The minimum absolute atomic E-state index is 0.114. The van der Waals surface area contributed by atoms with E-state index in [4.69, 9.17) is 16.7 Å². The van der Waals surface area contributed by atoms with Crippen LogP contribution in [0.4, 0.5) is 5.69 Å². The summed E-state index contributed by atoms with van der Waals surface area (Å²) in [4.78, 5) is 26.4. The van der Waals surface area contributed by atoms with Crippen molar-refractivity contribution >= 4 is 40.9 Å². The summed E-state index contributed by atoms with van der Waals surface area (Å²) in [6, 6.07) is 9.89. The largest absolute Gasteiger partial charge is 0.478 e. The minimum Gasteiger partial charge on any atom is -0.478 e. The molecule has 0 saturated heterocycles. The Balaban J connectivity index is 1.87. The van der Waals surface area contributed by atoms with Crippen molar-refractivity contribution in [1.82, 2.24) is 4.98 Å². The van der Waals surface area contributed by atoms with Crippen molar-refractivity contribution in [2.75, 3.05) is 11.1 Å². The van der Waals surface area contributed by atoms with Crippen molar-refractivity contribution in [2.24, 2.45) is 0 Å². The van der Waals surface area contributed by atoms with Crippen LogP contribution in [-0.2, 0) is 4.79 Å².